The monoisotopic (exact) mass is 234 g/mol. The van der Waals surface area contributed by atoms with Crippen LogP contribution in [-0.4, -0.2) is 11.3 Å². The van der Waals surface area contributed by atoms with Gasteiger partial charge in [-0.05, 0) is 6.07 Å². The van der Waals surface area contributed by atoms with E-state index in [-0.39, 0.29) is 0 Å². The first-order chi connectivity index (χ1) is 7.33. The number of diazo groups is 1. The second kappa shape index (κ2) is 4.01. The molecule has 9 heteroatoms. The number of ether oxygens (including phenoxy) is 1. The first-order valence-corrected chi connectivity index (χ1v) is 3.73. The smallest absolute Gasteiger partial charge is 0.406 e. The van der Waals surface area contributed by atoms with Gasteiger partial charge in [-0.3, -0.25) is 10.1 Å². The van der Waals surface area contributed by atoms with Gasteiger partial charge in [-0.15, -0.1) is 13.2 Å². The van der Waals surface area contributed by atoms with Gasteiger partial charge in [-0.2, -0.15) is 0 Å². The molecule has 0 N–H and O–H groups in total. The van der Waals surface area contributed by atoms with E-state index in [1.165, 1.54) is 0 Å². The minimum atomic E-state index is -4.94. The number of alkyl halides is 3. The third-order valence-electron chi connectivity index (χ3n) is 1.48. The number of rotatable bonds is 2. The van der Waals surface area contributed by atoms with E-state index in [0.717, 1.165) is 12.1 Å². The quantitative estimate of drug-likeness (QED) is 0.447. The summed E-state index contributed by atoms with van der Waals surface area (Å²) in [6, 6.07) is 2.15. The van der Waals surface area contributed by atoms with Crippen LogP contribution in [-0.2, 0) is 0 Å². The van der Waals surface area contributed by atoms with Gasteiger partial charge in [-0.1, -0.05) is 0 Å². The molecule has 0 bridgehead atoms. The Bertz CT molecular complexity index is 466. The summed E-state index contributed by atoms with van der Waals surface area (Å²) in [6.07, 6.45) is -4.94. The number of hydrogen-bond acceptors (Lipinski definition) is 4. The Morgan fingerprint density at radius 1 is 1.44 bits per heavy atom. The van der Waals surface area contributed by atoms with Gasteiger partial charge in [0.15, 0.2) is 4.98 Å². The zero-order valence-electron chi connectivity index (χ0n) is 7.43. The highest BCUT2D eigenvalue weighted by Crippen LogP contribution is 2.33. The Morgan fingerprint density at radius 2 is 2.06 bits per heavy atom. The van der Waals surface area contributed by atoms with Crippen LogP contribution < -0.4 is 4.74 Å². The van der Waals surface area contributed by atoms with Crippen LogP contribution in [0.15, 0.2) is 18.2 Å². The molecule has 0 fully saturated rings. The summed E-state index contributed by atoms with van der Waals surface area (Å²) >= 11 is 0. The third kappa shape index (κ3) is 2.81. The Labute approximate surface area is 86.0 Å². The zero-order valence-corrected chi connectivity index (χ0v) is 7.43. The number of nitro groups is 1. The topological polar surface area (TPSA) is 80.5 Å². The summed E-state index contributed by atoms with van der Waals surface area (Å²) in [6.45, 7) is 0. The second-order valence-corrected chi connectivity index (χ2v) is 2.56. The molecule has 0 unspecified atom stereocenters. The average molecular weight is 234 g/mol. The molecule has 16 heavy (non-hydrogen) atoms. The Balaban J connectivity index is 3.14. The molecule has 6 nitrogen and oxygen atoms in total. The number of nitro benzene ring substituents is 1. The van der Waals surface area contributed by atoms with Crippen molar-refractivity contribution in [3.63, 3.8) is 0 Å². The first kappa shape index (κ1) is 11.7. The van der Waals surface area contributed by atoms with Crippen LogP contribution in [0.4, 0.5) is 24.5 Å². The predicted octanol–water partition coefficient (Wildman–Crippen LogP) is 2.98. The van der Waals surface area contributed by atoms with Crippen LogP contribution in [0.5, 0.6) is 5.75 Å². The Morgan fingerprint density at radius 3 is 2.50 bits per heavy atom. The summed E-state index contributed by atoms with van der Waals surface area (Å²) < 4.78 is 38.8. The molecule has 84 valence electrons. The van der Waals surface area contributed by atoms with Crippen LogP contribution in [0.2, 0.25) is 0 Å². The lowest BCUT2D eigenvalue weighted by Gasteiger charge is -2.07. The third-order valence-corrected chi connectivity index (χ3v) is 1.48. The number of nitrogens with zero attached hydrogens (tertiary/aromatic N) is 3. The largest absolute Gasteiger partial charge is 0.573 e. The standard InChI is InChI=1S/C7H3F3N3O3/c8-7(9,10)16-4-1-2-5(12-11)6(3-4)13(14)15/h1-3H/q+1. The molecular formula is C7H3F3N3O3+. The minimum Gasteiger partial charge on any atom is -0.406 e. The average Bonchev–Trinajstić information content (AvgIpc) is 2.15. The molecular weight excluding hydrogens is 231 g/mol. The van der Waals surface area contributed by atoms with Crippen molar-refractivity contribution >= 4 is 11.4 Å². The lowest BCUT2D eigenvalue weighted by molar-refractivity contribution is -0.384. The molecule has 0 amide bonds. The molecule has 0 aromatic heterocycles. The summed E-state index contributed by atoms with van der Waals surface area (Å²) in [5.41, 5.74) is -1.25. The van der Waals surface area contributed by atoms with Crippen molar-refractivity contribution in [1.29, 1.82) is 5.39 Å². The van der Waals surface area contributed by atoms with E-state index >= 15 is 0 Å². The molecule has 1 rings (SSSR count). The van der Waals surface area contributed by atoms with Crippen molar-refractivity contribution < 1.29 is 22.8 Å². The van der Waals surface area contributed by atoms with Crippen molar-refractivity contribution in [3.8, 4) is 5.75 Å². The highest BCUT2D eigenvalue weighted by Gasteiger charge is 2.33. The molecule has 0 aliphatic carbocycles. The molecule has 0 radical (unpaired) electrons. The molecule has 1 aromatic carbocycles. The van der Waals surface area contributed by atoms with E-state index in [0.29, 0.717) is 6.07 Å². The molecule has 1 aromatic rings. The highest BCUT2D eigenvalue weighted by atomic mass is 19.4. The van der Waals surface area contributed by atoms with Crippen LogP contribution >= 0.6 is 0 Å². The van der Waals surface area contributed by atoms with Crippen molar-refractivity contribution in [3.05, 3.63) is 33.3 Å². The van der Waals surface area contributed by atoms with Crippen molar-refractivity contribution in [1.82, 2.24) is 0 Å². The molecule has 0 aliphatic heterocycles. The highest BCUT2D eigenvalue weighted by molar-refractivity contribution is 5.64. The van der Waals surface area contributed by atoms with Crippen LogP contribution in [0.25, 0.3) is 4.98 Å². The van der Waals surface area contributed by atoms with Crippen molar-refractivity contribution in [2.24, 2.45) is 0 Å². The van der Waals surface area contributed by atoms with Crippen LogP contribution in [0.3, 0.4) is 0 Å². The van der Waals surface area contributed by atoms with Gasteiger partial charge in [0.2, 0.25) is 5.39 Å². The van der Waals surface area contributed by atoms with Crippen LogP contribution in [0, 0.1) is 15.5 Å². The Hall–Kier alpha value is -2.37. The van der Waals surface area contributed by atoms with E-state index in [9.17, 15) is 23.3 Å². The lowest BCUT2D eigenvalue weighted by atomic mass is 10.2. The van der Waals surface area contributed by atoms with Crippen LogP contribution in [0.1, 0.15) is 0 Å². The SMILES string of the molecule is N#[N+]c1ccc(OC(F)(F)F)cc1[N+](=O)[O-]. The predicted molar refractivity (Wildman–Crippen MR) is 44.5 cm³/mol. The van der Waals surface area contributed by atoms with Crippen molar-refractivity contribution in [2.45, 2.75) is 6.36 Å². The molecule has 0 heterocycles. The summed E-state index contributed by atoms with van der Waals surface area (Å²) in [5, 5.41) is 18.7. The second-order valence-electron chi connectivity index (χ2n) is 2.56. The maximum atomic E-state index is 11.8. The summed E-state index contributed by atoms with van der Waals surface area (Å²) in [7, 11) is 0. The fraction of sp³-hybridized carbons (Fsp3) is 0.143. The van der Waals surface area contributed by atoms with Gasteiger partial charge in [0, 0.05) is 6.07 Å². The molecule has 0 atom stereocenters. The summed E-state index contributed by atoms with van der Waals surface area (Å²) in [5.74, 6) is -0.758. The maximum Gasteiger partial charge on any atom is 0.573 e. The molecule has 0 spiro atoms. The van der Waals surface area contributed by atoms with Gasteiger partial charge in [-0.25, -0.2) is 0 Å². The zero-order chi connectivity index (χ0) is 12.3. The fourth-order valence-electron chi connectivity index (χ4n) is 0.931. The lowest BCUT2D eigenvalue weighted by Crippen LogP contribution is -2.17. The van der Waals surface area contributed by atoms with Gasteiger partial charge in [0.05, 0.1) is 11.0 Å². The van der Waals surface area contributed by atoms with E-state index < -0.39 is 28.4 Å². The normalized spacial score (nSPS) is 10.6. The first-order valence-electron chi connectivity index (χ1n) is 3.73. The maximum absolute atomic E-state index is 11.8. The van der Waals surface area contributed by atoms with E-state index in [4.69, 9.17) is 5.39 Å². The molecule has 0 saturated heterocycles. The molecule has 0 aliphatic rings. The summed E-state index contributed by atoms with van der Waals surface area (Å²) in [4.78, 5) is 12.0. The van der Waals surface area contributed by atoms with E-state index in [1.807, 2.05) is 0 Å². The van der Waals surface area contributed by atoms with E-state index in [2.05, 4.69) is 9.71 Å². The molecule has 0 saturated carbocycles. The van der Waals surface area contributed by atoms with Gasteiger partial charge >= 0.3 is 17.7 Å². The Kier molecular flexibility index (Phi) is 2.94. The van der Waals surface area contributed by atoms with Gasteiger partial charge < -0.3 is 4.74 Å². The number of halogens is 3. The van der Waals surface area contributed by atoms with E-state index in [1.54, 1.807) is 0 Å². The number of hydrogen-bond donors (Lipinski definition) is 0. The minimum absolute atomic E-state index is 0.459. The van der Waals surface area contributed by atoms with Gasteiger partial charge in [0.25, 0.3) is 0 Å². The fourth-order valence-corrected chi connectivity index (χ4v) is 0.931. The number of benzene rings is 1. The van der Waals surface area contributed by atoms with Crippen molar-refractivity contribution in [2.75, 3.05) is 0 Å². The van der Waals surface area contributed by atoms with Gasteiger partial charge in [0.1, 0.15) is 5.75 Å².